The van der Waals surface area contributed by atoms with Gasteiger partial charge in [0, 0.05) is 55.9 Å². The minimum Gasteiger partial charge on any atom is -0.493 e. The van der Waals surface area contributed by atoms with Crippen molar-refractivity contribution in [3.05, 3.63) is 65.9 Å². The van der Waals surface area contributed by atoms with Gasteiger partial charge in [-0.1, -0.05) is 30.3 Å². The van der Waals surface area contributed by atoms with Crippen molar-refractivity contribution >= 4 is 22.5 Å². The number of carbonyl (C=O) groups is 1. The molecule has 0 atom stereocenters. The minimum atomic E-state index is 0.0443. The van der Waals surface area contributed by atoms with E-state index in [0.717, 1.165) is 73.9 Å². The average Bonchev–Trinajstić information content (AvgIpc) is 3.19. The van der Waals surface area contributed by atoms with Crippen LogP contribution in [-0.2, 0) is 17.8 Å². The largest absolute Gasteiger partial charge is 0.493 e. The average molecular weight is 417 g/mol. The van der Waals surface area contributed by atoms with Crippen molar-refractivity contribution in [2.75, 3.05) is 44.6 Å². The van der Waals surface area contributed by atoms with Gasteiger partial charge in [0.1, 0.15) is 5.75 Å². The summed E-state index contributed by atoms with van der Waals surface area (Å²) in [6.45, 7) is 6.90. The first-order valence-electron chi connectivity index (χ1n) is 11.1. The maximum absolute atomic E-state index is 11.6. The molecule has 1 fully saturated rings. The summed E-state index contributed by atoms with van der Waals surface area (Å²) in [6.07, 6.45) is 1.40. The van der Waals surface area contributed by atoms with Crippen molar-refractivity contribution in [1.29, 1.82) is 0 Å². The molecular weight excluding hydrogens is 388 g/mol. The lowest BCUT2D eigenvalue weighted by Gasteiger charge is -2.34. The third-order valence-electron chi connectivity index (χ3n) is 6.13. The first kappa shape index (κ1) is 20.0. The van der Waals surface area contributed by atoms with Gasteiger partial charge in [0.25, 0.3) is 0 Å². The summed E-state index contributed by atoms with van der Waals surface area (Å²) in [7, 11) is 0. The van der Waals surface area contributed by atoms with Gasteiger partial charge in [-0.15, -0.1) is 0 Å². The molecule has 0 radical (unpaired) electrons. The second kappa shape index (κ2) is 9.04. The normalized spacial score (nSPS) is 17.0. The van der Waals surface area contributed by atoms with Crippen LogP contribution in [0.2, 0.25) is 0 Å². The molecular formula is C25H28N4O2. The molecule has 31 heavy (non-hydrogen) atoms. The molecule has 160 valence electrons. The molecule has 1 amide bonds. The number of anilines is 1. The van der Waals surface area contributed by atoms with E-state index in [-0.39, 0.29) is 5.91 Å². The molecule has 0 bridgehead atoms. The summed E-state index contributed by atoms with van der Waals surface area (Å²) in [5.41, 5.74) is 4.09. The Labute approximate surface area is 182 Å². The van der Waals surface area contributed by atoms with Gasteiger partial charge in [-0.25, -0.2) is 0 Å². The summed E-state index contributed by atoms with van der Waals surface area (Å²) in [5, 5.41) is 4.07. The van der Waals surface area contributed by atoms with E-state index in [0.29, 0.717) is 13.0 Å². The van der Waals surface area contributed by atoms with E-state index < -0.39 is 0 Å². The van der Waals surface area contributed by atoms with E-state index >= 15 is 0 Å². The first-order chi connectivity index (χ1) is 15.2. The van der Waals surface area contributed by atoms with Crippen LogP contribution in [0.25, 0.3) is 10.9 Å². The fourth-order valence-corrected chi connectivity index (χ4v) is 4.42. The van der Waals surface area contributed by atoms with Gasteiger partial charge in [0.15, 0.2) is 0 Å². The Hall–Kier alpha value is -2.96. The standard InChI is InChI=1S/C25H28N4O2/c30-25-17-21-23(27-25)7-3-8-24(21)31-16-4-11-28-12-14-29(15-13-28)18-20-10-9-19-5-1-2-6-22(19)26-20/h1-3,5-10H,4,11-18H2,(H,27,30). The Bertz CT molecular complexity index is 1080. The van der Waals surface area contributed by atoms with Crippen LogP contribution < -0.4 is 10.1 Å². The predicted molar refractivity (Wildman–Crippen MR) is 122 cm³/mol. The molecule has 1 aromatic heterocycles. The number of aromatic nitrogens is 1. The van der Waals surface area contributed by atoms with E-state index in [1.165, 1.54) is 5.39 Å². The van der Waals surface area contributed by atoms with Crippen molar-refractivity contribution in [3.8, 4) is 5.75 Å². The highest BCUT2D eigenvalue weighted by Gasteiger charge is 2.21. The number of nitrogens with one attached hydrogen (secondary N) is 1. The van der Waals surface area contributed by atoms with Gasteiger partial charge in [0.2, 0.25) is 5.91 Å². The van der Waals surface area contributed by atoms with Crippen molar-refractivity contribution in [2.24, 2.45) is 0 Å². The van der Waals surface area contributed by atoms with Crippen molar-refractivity contribution < 1.29 is 9.53 Å². The molecule has 3 heterocycles. The van der Waals surface area contributed by atoms with Crippen molar-refractivity contribution in [1.82, 2.24) is 14.8 Å². The summed E-state index contributed by atoms with van der Waals surface area (Å²) in [5.74, 6) is 0.881. The molecule has 0 spiro atoms. The lowest BCUT2D eigenvalue weighted by atomic mass is 10.1. The van der Waals surface area contributed by atoms with Crippen LogP contribution in [0.5, 0.6) is 5.75 Å². The van der Waals surface area contributed by atoms with E-state index in [1.54, 1.807) is 0 Å². The molecule has 3 aromatic rings. The fraction of sp³-hybridized carbons (Fsp3) is 0.360. The smallest absolute Gasteiger partial charge is 0.229 e. The molecule has 6 heteroatoms. The molecule has 5 rings (SSSR count). The van der Waals surface area contributed by atoms with Crippen LogP contribution in [0, 0.1) is 0 Å². The van der Waals surface area contributed by atoms with E-state index in [1.807, 2.05) is 24.3 Å². The number of piperazine rings is 1. The topological polar surface area (TPSA) is 57.7 Å². The number of ether oxygens (including phenoxy) is 1. The third-order valence-corrected chi connectivity index (χ3v) is 6.13. The molecule has 2 aliphatic rings. The van der Waals surface area contributed by atoms with Gasteiger partial charge in [-0.3, -0.25) is 14.7 Å². The number of para-hydroxylation sites is 1. The van der Waals surface area contributed by atoms with Crippen LogP contribution in [0.4, 0.5) is 5.69 Å². The lowest BCUT2D eigenvalue weighted by molar-refractivity contribution is -0.115. The molecule has 0 unspecified atom stereocenters. The first-order valence-corrected chi connectivity index (χ1v) is 11.1. The summed E-state index contributed by atoms with van der Waals surface area (Å²) in [6, 6.07) is 18.4. The molecule has 0 aliphatic carbocycles. The molecule has 1 N–H and O–H groups in total. The third kappa shape index (κ3) is 4.70. The zero-order valence-electron chi connectivity index (χ0n) is 17.7. The summed E-state index contributed by atoms with van der Waals surface area (Å²) >= 11 is 0. The van der Waals surface area contributed by atoms with Gasteiger partial charge >= 0.3 is 0 Å². The van der Waals surface area contributed by atoms with E-state index in [2.05, 4.69) is 45.4 Å². The highest BCUT2D eigenvalue weighted by atomic mass is 16.5. The number of carbonyl (C=O) groups excluding carboxylic acids is 1. The predicted octanol–water partition coefficient (Wildman–Crippen LogP) is 3.32. The number of hydrogen-bond acceptors (Lipinski definition) is 5. The number of nitrogens with zero attached hydrogens (tertiary/aromatic N) is 3. The number of fused-ring (bicyclic) bond motifs is 2. The van der Waals surface area contributed by atoms with Gasteiger partial charge in [-0.05, 0) is 30.7 Å². The Morgan fingerprint density at radius 1 is 0.935 bits per heavy atom. The lowest BCUT2D eigenvalue weighted by Crippen LogP contribution is -2.46. The van der Waals surface area contributed by atoms with E-state index in [9.17, 15) is 4.79 Å². The second-order valence-electron chi connectivity index (χ2n) is 8.32. The Morgan fingerprint density at radius 2 is 1.77 bits per heavy atom. The number of pyridine rings is 1. The van der Waals surface area contributed by atoms with Crippen LogP contribution in [0.1, 0.15) is 17.7 Å². The Kier molecular flexibility index (Phi) is 5.82. The maximum Gasteiger partial charge on any atom is 0.229 e. The maximum atomic E-state index is 11.6. The van der Waals surface area contributed by atoms with E-state index in [4.69, 9.17) is 9.72 Å². The minimum absolute atomic E-state index is 0.0443. The second-order valence-corrected chi connectivity index (χ2v) is 8.32. The monoisotopic (exact) mass is 416 g/mol. The zero-order valence-corrected chi connectivity index (χ0v) is 17.7. The molecule has 2 aliphatic heterocycles. The number of amides is 1. The molecule has 6 nitrogen and oxygen atoms in total. The highest BCUT2D eigenvalue weighted by Crippen LogP contribution is 2.31. The van der Waals surface area contributed by atoms with Crippen molar-refractivity contribution in [2.45, 2.75) is 19.4 Å². The molecule has 0 saturated carbocycles. The summed E-state index contributed by atoms with van der Waals surface area (Å²) in [4.78, 5) is 21.4. The fourth-order valence-electron chi connectivity index (χ4n) is 4.42. The van der Waals surface area contributed by atoms with Crippen molar-refractivity contribution in [3.63, 3.8) is 0 Å². The molecule has 1 saturated heterocycles. The summed E-state index contributed by atoms with van der Waals surface area (Å²) < 4.78 is 5.99. The Morgan fingerprint density at radius 3 is 2.68 bits per heavy atom. The van der Waals surface area contributed by atoms with Gasteiger partial charge in [0.05, 0.1) is 24.2 Å². The van der Waals surface area contributed by atoms with Crippen LogP contribution in [0.3, 0.4) is 0 Å². The number of benzene rings is 2. The van der Waals surface area contributed by atoms with Crippen LogP contribution in [0.15, 0.2) is 54.6 Å². The number of rotatable bonds is 7. The quantitative estimate of drug-likeness (QED) is 0.599. The van der Waals surface area contributed by atoms with Gasteiger partial charge in [-0.2, -0.15) is 0 Å². The number of hydrogen-bond donors (Lipinski definition) is 1. The molecule has 2 aromatic carbocycles. The van der Waals surface area contributed by atoms with Crippen LogP contribution in [-0.4, -0.2) is 60.0 Å². The SMILES string of the molecule is O=C1Cc2c(cccc2OCCCN2CCN(Cc3ccc4ccccc4n3)CC2)N1. The Balaban J connectivity index is 1.05. The van der Waals surface area contributed by atoms with Crippen LogP contribution >= 0.6 is 0 Å². The highest BCUT2D eigenvalue weighted by molar-refractivity contribution is 6.00. The van der Waals surface area contributed by atoms with Gasteiger partial charge < -0.3 is 15.0 Å². The zero-order chi connectivity index (χ0) is 21.0.